The minimum Gasteiger partial charge on any atom is -0.484 e. The largest absolute Gasteiger partial charge is 0.484 e. The number of hydrogen-bond acceptors (Lipinski definition) is 5. The Labute approximate surface area is 152 Å². The number of carbonyl (C=O) groups is 2. The zero-order valence-electron chi connectivity index (χ0n) is 14.6. The van der Waals surface area contributed by atoms with Crippen molar-refractivity contribution in [3.05, 3.63) is 53.7 Å². The molecule has 26 heavy (non-hydrogen) atoms. The smallest absolute Gasteiger partial charge is 0.257 e. The highest BCUT2D eigenvalue weighted by Gasteiger charge is 2.23. The number of anilines is 1. The zero-order valence-corrected chi connectivity index (χ0v) is 14.6. The van der Waals surface area contributed by atoms with E-state index in [1.165, 1.54) is 0 Å². The molecule has 0 saturated heterocycles. The normalized spacial score (nSPS) is 13.0. The Morgan fingerprint density at radius 2 is 1.92 bits per heavy atom. The molecule has 0 spiro atoms. The number of benzene rings is 1. The summed E-state index contributed by atoms with van der Waals surface area (Å²) in [5, 5.41) is 8.65. The van der Waals surface area contributed by atoms with Crippen molar-refractivity contribution in [1.29, 1.82) is 0 Å². The Morgan fingerprint density at radius 3 is 2.54 bits per heavy atom. The maximum atomic E-state index is 11.9. The summed E-state index contributed by atoms with van der Waals surface area (Å²) in [6.07, 6.45) is 3.71. The van der Waals surface area contributed by atoms with Crippen LogP contribution in [0.15, 0.2) is 42.6 Å². The van der Waals surface area contributed by atoms with Crippen LogP contribution < -0.4 is 20.7 Å². The first-order chi connectivity index (χ1) is 12.6. The molecule has 1 fully saturated rings. The van der Waals surface area contributed by atoms with Crippen molar-refractivity contribution in [2.24, 2.45) is 0 Å². The number of aromatic nitrogens is 1. The van der Waals surface area contributed by atoms with Crippen molar-refractivity contribution in [2.75, 3.05) is 19.0 Å². The van der Waals surface area contributed by atoms with Gasteiger partial charge in [0.1, 0.15) is 11.6 Å². The molecule has 7 heteroatoms. The van der Waals surface area contributed by atoms with Crippen molar-refractivity contribution < 1.29 is 14.3 Å². The van der Waals surface area contributed by atoms with E-state index in [-0.39, 0.29) is 18.4 Å². The van der Waals surface area contributed by atoms with Gasteiger partial charge in [0.15, 0.2) is 6.61 Å². The lowest BCUT2D eigenvalue weighted by Gasteiger charge is -2.09. The Bertz CT molecular complexity index is 755. The van der Waals surface area contributed by atoms with Gasteiger partial charge < -0.3 is 20.7 Å². The molecule has 2 amide bonds. The van der Waals surface area contributed by atoms with E-state index in [2.05, 4.69) is 20.9 Å². The van der Waals surface area contributed by atoms with Crippen LogP contribution in [0.4, 0.5) is 5.82 Å². The second-order valence-corrected chi connectivity index (χ2v) is 6.14. The summed E-state index contributed by atoms with van der Waals surface area (Å²) in [7, 11) is 1.57. The topological polar surface area (TPSA) is 92.4 Å². The van der Waals surface area contributed by atoms with E-state index in [4.69, 9.17) is 4.74 Å². The van der Waals surface area contributed by atoms with Gasteiger partial charge in [-0.3, -0.25) is 9.59 Å². The Balaban J connectivity index is 1.47. The summed E-state index contributed by atoms with van der Waals surface area (Å²) < 4.78 is 5.36. The molecule has 1 heterocycles. The van der Waals surface area contributed by atoms with Crippen LogP contribution >= 0.6 is 0 Å². The minimum absolute atomic E-state index is 0.00130. The molecular weight excluding hydrogens is 332 g/mol. The van der Waals surface area contributed by atoms with Gasteiger partial charge in [-0.1, -0.05) is 12.1 Å². The minimum atomic E-state index is -0.170. The monoisotopic (exact) mass is 354 g/mol. The number of ether oxygens (including phenoxy) is 1. The van der Waals surface area contributed by atoms with Crippen LogP contribution in [0.3, 0.4) is 0 Å². The third-order valence-electron chi connectivity index (χ3n) is 3.98. The molecule has 0 unspecified atom stereocenters. The van der Waals surface area contributed by atoms with Crippen LogP contribution in [0.5, 0.6) is 5.75 Å². The maximum absolute atomic E-state index is 11.9. The summed E-state index contributed by atoms with van der Waals surface area (Å²) in [6, 6.07) is 11.4. The van der Waals surface area contributed by atoms with Gasteiger partial charge in [-0.2, -0.15) is 0 Å². The van der Waals surface area contributed by atoms with Gasteiger partial charge in [0, 0.05) is 25.8 Å². The molecule has 0 bridgehead atoms. The van der Waals surface area contributed by atoms with E-state index in [0.29, 0.717) is 29.7 Å². The van der Waals surface area contributed by atoms with Crippen LogP contribution in [0.25, 0.3) is 0 Å². The average Bonchev–Trinajstić information content (AvgIpc) is 3.49. The number of amides is 2. The number of hydrogen-bond donors (Lipinski definition) is 3. The fraction of sp³-hybridized carbons (Fsp3) is 0.316. The van der Waals surface area contributed by atoms with Gasteiger partial charge in [0.25, 0.3) is 11.8 Å². The molecule has 0 aliphatic heterocycles. The van der Waals surface area contributed by atoms with Crippen LogP contribution in [-0.4, -0.2) is 36.5 Å². The molecule has 3 rings (SSSR count). The summed E-state index contributed by atoms with van der Waals surface area (Å²) in [5.74, 6) is 1.10. The third kappa shape index (κ3) is 5.20. The summed E-state index contributed by atoms with van der Waals surface area (Å²) >= 11 is 0. The molecule has 136 valence electrons. The van der Waals surface area contributed by atoms with Gasteiger partial charge in [0.05, 0.1) is 5.56 Å². The van der Waals surface area contributed by atoms with Crippen molar-refractivity contribution >= 4 is 17.6 Å². The van der Waals surface area contributed by atoms with E-state index >= 15 is 0 Å². The highest BCUT2D eigenvalue weighted by molar-refractivity contribution is 5.94. The van der Waals surface area contributed by atoms with Crippen molar-refractivity contribution in [3.8, 4) is 5.75 Å². The first-order valence-corrected chi connectivity index (χ1v) is 8.57. The highest BCUT2D eigenvalue weighted by atomic mass is 16.5. The molecule has 1 aliphatic carbocycles. The predicted molar refractivity (Wildman–Crippen MR) is 98.1 cm³/mol. The number of pyridine rings is 1. The van der Waals surface area contributed by atoms with Crippen LogP contribution in [-0.2, 0) is 11.3 Å². The maximum Gasteiger partial charge on any atom is 0.257 e. The lowest BCUT2D eigenvalue weighted by Crippen LogP contribution is -2.25. The van der Waals surface area contributed by atoms with Crippen molar-refractivity contribution in [1.82, 2.24) is 15.6 Å². The average molecular weight is 354 g/mol. The van der Waals surface area contributed by atoms with Gasteiger partial charge in [-0.05, 0) is 42.7 Å². The highest BCUT2D eigenvalue weighted by Crippen LogP contribution is 2.19. The lowest BCUT2D eigenvalue weighted by atomic mass is 10.2. The molecule has 0 radical (unpaired) electrons. The molecule has 1 aromatic carbocycles. The molecule has 1 saturated carbocycles. The lowest BCUT2D eigenvalue weighted by molar-refractivity contribution is -0.122. The Morgan fingerprint density at radius 1 is 1.15 bits per heavy atom. The predicted octanol–water partition coefficient (Wildman–Crippen LogP) is 1.71. The van der Waals surface area contributed by atoms with Crippen molar-refractivity contribution in [3.63, 3.8) is 0 Å². The quantitative estimate of drug-likeness (QED) is 0.671. The van der Waals surface area contributed by atoms with E-state index in [1.54, 1.807) is 25.4 Å². The number of nitrogens with one attached hydrogen (secondary N) is 3. The first kappa shape index (κ1) is 17.7. The van der Waals surface area contributed by atoms with Crippen LogP contribution in [0, 0.1) is 0 Å². The van der Waals surface area contributed by atoms with E-state index < -0.39 is 0 Å². The van der Waals surface area contributed by atoms with Gasteiger partial charge in [-0.25, -0.2) is 4.98 Å². The van der Waals surface area contributed by atoms with Gasteiger partial charge in [-0.15, -0.1) is 0 Å². The van der Waals surface area contributed by atoms with E-state index in [9.17, 15) is 9.59 Å². The SMILES string of the molecule is CNC(=O)COc1ccc(CNc2ccc(C(=O)NC3CC3)cn2)cc1. The second kappa shape index (κ2) is 8.33. The Kier molecular flexibility index (Phi) is 5.68. The fourth-order valence-electron chi connectivity index (χ4n) is 2.25. The summed E-state index contributed by atoms with van der Waals surface area (Å²) in [4.78, 5) is 27.4. The van der Waals surface area contributed by atoms with Gasteiger partial charge >= 0.3 is 0 Å². The molecule has 2 aromatic rings. The van der Waals surface area contributed by atoms with Crippen LogP contribution in [0.2, 0.25) is 0 Å². The number of rotatable bonds is 8. The molecule has 1 aliphatic rings. The van der Waals surface area contributed by atoms with Crippen molar-refractivity contribution in [2.45, 2.75) is 25.4 Å². The Hall–Kier alpha value is -3.09. The van der Waals surface area contributed by atoms with E-state index in [1.807, 2.05) is 24.3 Å². The van der Waals surface area contributed by atoms with Gasteiger partial charge in [0.2, 0.25) is 0 Å². The van der Waals surface area contributed by atoms with E-state index in [0.717, 1.165) is 18.4 Å². The molecule has 3 N–H and O–H groups in total. The number of nitrogens with zero attached hydrogens (tertiary/aromatic N) is 1. The third-order valence-corrected chi connectivity index (χ3v) is 3.98. The molecule has 1 aromatic heterocycles. The second-order valence-electron chi connectivity index (χ2n) is 6.14. The number of carbonyl (C=O) groups excluding carboxylic acids is 2. The number of likely N-dealkylation sites (N-methyl/N-ethyl adjacent to an activating group) is 1. The molecule has 7 nitrogen and oxygen atoms in total. The summed E-state index contributed by atoms with van der Waals surface area (Å²) in [5.41, 5.74) is 1.62. The molecule has 0 atom stereocenters. The van der Waals surface area contributed by atoms with Crippen LogP contribution in [0.1, 0.15) is 28.8 Å². The standard InChI is InChI=1S/C19H22N4O3/c1-20-18(24)12-26-16-7-2-13(3-8-16)10-21-17-9-4-14(11-22-17)19(25)23-15-5-6-15/h2-4,7-9,11,15H,5-6,10,12H2,1H3,(H,20,24)(H,21,22)(H,23,25). The fourth-order valence-corrected chi connectivity index (χ4v) is 2.25. The zero-order chi connectivity index (χ0) is 18.4. The first-order valence-electron chi connectivity index (χ1n) is 8.57. The molecular formula is C19H22N4O3. The summed E-state index contributed by atoms with van der Waals surface area (Å²) in [6.45, 7) is 0.592.